The molecule has 5 nitrogen and oxygen atoms in total. The molecule has 2 saturated heterocycles. The summed E-state index contributed by atoms with van der Waals surface area (Å²) in [7, 11) is 0. The molecular weight excluding hydrogens is 216 g/mol. The molecular formula is C12H16N4O. The van der Waals surface area contributed by atoms with E-state index in [0.29, 0.717) is 17.6 Å². The molecule has 0 aliphatic carbocycles. The van der Waals surface area contributed by atoms with Crippen molar-refractivity contribution in [2.24, 2.45) is 0 Å². The minimum Gasteiger partial charge on any atom is -0.337 e. The van der Waals surface area contributed by atoms with Crippen molar-refractivity contribution >= 4 is 5.91 Å². The molecule has 0 aromatic carbocycles. The van der Waals surface area contributed by atoms with Gasteiger partial charge in [0, 0.05) is 25.2 Å². The minimum atomic E-state index is 0.0780. The Bertz CT molecular complexity index is 408. The number of carbonyl (C=O) groups is 1. The molecule has 2 bridgehead atoms. The Morgan fingerprint density at radius 3 is 3.00 bits per heavy atom. The molecule has 1 N–H and O–H groups in total. The molecule has 2 aliphatic heterocycles. The summed E-state index contributed by atoms with van der Waals surface area (Å²) in [6.07, 6.45) is 6.60. The SMILES string of the molecule is O=C(c1ccnnc1)N1CCC2CCC(C1)N2. The molecule has 90 valence electrons. The number of rotatable bonds is 1. The lowest BCUT2D eigenvalue weighted by Crippen LogP contribution is -2.39. The lowest BCUT2D eigenvalue weighted by atomic mass is 10.1. The highest BCUT2D eigenvalue weighted by Gasteiger charge is 2.31. The fourth-order valence-electron chi connectivity index (χ4n) is 2.73. The normalized spacial score (nSPS) is 27.9. The topological polar surface area (TPSA) is 58.1 Å². The van der Waals surface area contributed by atoms with Crippen LogP contribution in [0.5, 0.6) is 0 Å². The van der Waals surface area contributed by atoms with Gasteiger partial charge in [-0.3, -0.25) is 4.79 Å². The molecule has 0 radical (unpaired) electrons. The monoisotopic (exact) mass is 232 g/mol. The second-order valence-corrected chi connectivity index (χ2v) is 4.81. The smallest absolute Gasteiger partial charge is 0.255 e. The molecule has 3 rings (SSSR count). The van der Waals surface area contributed by atoms with Gasteiger partial charge in [0.25, 0.3) is 5.91 Å². The third-order valence-corrected chi connectivity index (χ3v) is 3.64. The van der Waals surface area contributed by atoms with Crippen molar-refractivity contribution in [3.8, 4) is 0 Å². The number of nitrogens with one attached hydrogen (secondary N) is 1. The highest BCUT2D eigenvalue weighted by Crippen LogP contribution is 2.21. The van der Waals surface area contributed by atoms with E-state index in [4.69, 9.17) is 0 Å². The van der Waals surface area contributed by atoms with E-state index >= 15 is 0 Å². The summed E-state index contributed by atoms with van der Waals surface area (Å²) in [5.74, 6) is 0.0780. The lowest BCUT2D eigenvalue weighted by Gasteiger charge is -2.24. The molecule has 1 amide bonds. The van der Waals surface area contributed by atoms with Crippen LogP contribution in [0.15, 0.2) is 18.5 Å². The number of nitrogens with zero attached hydrogens (tertiary/aromatic N) is 3. The van der Waals surface area contributed by atoms with Crippen LogP contribution in [-0.4, -0.2) is 46.2 Å². The summed E-state index contributed by atoms with van der Waals surface area (Å²) in [5, 5.41) is 11.0. The number of fused-ring (bicyclic) bond motifs is 2. The van der Waals surface area contributed by atoms with Crippen molar-refractivity contribution in [2.75, 3.05) is 13.1 Å². The maximum atomic E-state index is 12.3. The van der Waals surface area contributed by atoms with Crippen LogP contribution in [0, 0.1) is 0 Å². The quantitative estimate of drug-likeness (QED) is 0.763. The summed E-state index contributed by atoms with van der Waals surface area (Å²) in [6, 6.07) is 2.81. The van der Waals surface area contributed by atoms with Crippen LogP contribution in [0.3, 0.4) is 0 Å². The second-order valence-electron chi connectivity index (χ2n) is 4.81. The largest absolute Gasteiger partial charge is 0.337 e. The van der Waals surface area contributed by atoms with E-state index in [1.165, 1.54) is 12.8 Å². The molecule has 2 atom stereocenters. The molecule has 5 heteroatoms. The molecule has 0 saturated carbocycles. The molecule has 2 unspecified atom stereocenters. The Hall–Kier alpha value is -1.49. The van der Waals surface area contributed by atoms with Gasteiger partial charge in [-0.2, -0.15) is 10.2 Å². The lowest BCUT2D eigenvalue weighted by molar-refractivity contribution is 0.0747. The van der Waals surface area contributed by atoms with Gasteiger partial charge in [0.1, 0.15) is 0 Å². The Balaban J connectivity index is 1.74. The van der Waals surface area contributed by atoms with Gasteiger partial charge in [-0.05, 0) is 25.3 Å². The minimum absolute atomic E-state index is 0.0780. The predicted molar refractivity (Wildman–Crippen MR) is 62.5 cm³/mol. The fraction of sp³-hybridized carbons (Fsp3) is 0.583. The molecule has 17 heavy (non-hydrogen) atoms. The number of aromatic nitrogens is 2. The molecule has 2 aliphatic rings. The van der Waals surface area contributed by atoms with E-state index in [-0.39, 0.29) is 5.91 Å². The van der Waals surface area contributed by atoms with Crippen LogP contribution in [0.4, 0.5) is 0 Å². The van der Waals surface area contributed by atoms with Crippen molar-refractivity contribution in [1.82, 2.24) is 20.4 Å². The van der Waals surface area contributed by atoms with Gasteiger partial charge in [0.2, 0.25) is 0 Å². The average Bonchev–Trinajstić information content (AvgIpc) is 2.69. The third kappa shape index (κ3) is 2.15. The van der Waals surface area contributed by atoms with E-state index in [1.807, 2.05) is 4.90 Å². The van der Waals surface area contributed by atoms with Crippen molar-refractivity contribution in [3.63, 3.8) is 0 Å². The number of likely N-dealkylation sites (tertiary alicyclic amines) is 1. The molecule has 2 fully saturated rings. The van der Waals surface area contributed by atoms with Gasteiger partial charge < -0.3 is 10.2 Å². The Labute approximate surface area is 100 Å². The highest BCUT2D eigenvalue weighted by molar-refractivity contribution is 5.93. The summed E-state index contributed by atoms with van der Waals surface area (Å²) in [5.41, 5.74) is 0.637. The fourth-order valence-corrected chi connectivity index (χ4v) is 2.73. The first-order chi connectivity index (χ1) is 8.33. The van der Waals surface area contributed by atoms with E-state index in [0.717, 1.165) is 19.5 Å². The Morgan fingerprint density at radius 2 is 2.18 bits per heavy atom. The molecule has 1 aromatic rings. The van der Waals surface area contributed by atoms with E-state index in [9.17, 15) is 4.79 Å². The molecule has 0 spiro atoms. The number of carbonyl (C=O) groups excluding carboxylic acids is 1. The van der Waals surface area contributed by atoms with Gasteiger partial charge in [0.15, 0.2) is 0 Å². The first-order valence-corrected chi connectivity index (χ1v) is 6.15. The first kappa shape index (κ1) is 10.7. The number of amides is 1. The zero-order chi connectivity index (χ0) is 11.7. The van der Waals surface area contributed by atoms with Gasteiger partial charge in [-0.15, -0.1) is 0 Å². The van der Waals surface area contributed by atoms with Crippen molar-refractivity contribution in [2.45, 2.75) is 31.3 Å². The average molecular weight is 232 g/mol. The van der Waals surface area contributed by atoms with Gasteiger partial charge in [0.05, 0.1) is 18.0 Å². The molecule has 3 heterocycles. The van der Waals surface area contributed by atoms with Crippen molar-refractivity contribution in [1.29, 1.82) is 0 Å². The summed E-state index contributed by atoms with van der Waals surface area (Å²) in [6.45, 7) is 1.66. The summed E-state index contributed by atoms with van der Waals surface area (Å²) < 4.78 is 0. The zero-order valence-corrected chi connectivity index (χ0v) is 9.67. The highest BCUT2D eigenvalue weighted by atomic mass is 16.2. The van der Waals surface area contributed by atoms with Crippen LogP contribution in [0.2, 0.25) is 0 Å². The van der Waals surface area contributed by atoms with Crippen LogP contribution in [0.1, 0.15) is 29.6 Å². The Morgan fingerprint density at radius 1 is 1.29 bits per heavy atom. The van der Waals surface area contributed by atoms with Crippen LogP contribution in [0.25, 0.3) is 0 Å². The maximum Gasteiger partial charge on any atom is 0.255 e. The van der Waals surface area contributed by atoms with Crippen molar-refractivity contribution < 1.29 is 4.79 Å². The first-order valence-electron chi connectivity index (χ1n) is 6.15. The standard InChI is InChI=1S/C12H16N4O/c17-12(9-3-5-13-14-7-9)16-6-4-10-1-2-11(8-16)15-10/h3,5,7,10-11,15H,1-2,4,6,8H2. The maximum absolute atomic E-state index is 12.3. The van der Waals surface area contributed by atoms with Gasteiger partial charge >= 0.3 is 0 Å². The van der Waals surface area contributed by atoms with Crippen LogP contribution < -0.4 is 5.32 Å². The number of hydrogen-bond acceptors (Lipinski definition) is 4. The summed E-state index contributed by atoms with van der Waals surface area (Å²) in [4.78, 5) is 14.2. The van der Waals surface area contributed by atoms with Gasteiger partial charge in [-0.1, -0.05) is 0 Å². The molecule has 1 aromatic heterocycles. The Kier molecular flexibility index (Phi) is 2.76. The van der Waals surface area contributed by atoms with Crippen LogP contribution in [-0.2, 0) is 0 Å². The second kappa shape index (κ2) is 4.41. The zero-order valence-electron chi connectivity index (χ0n) is 9.67. The van der Waals surface area contributed by atoms with Crippen LogP contribution >= 0.6 is 0 Å². The van der Waals surface area contributed by atoms with E-state index < -0.39 is 0 Å². The van der Waals surface area contributed by atoms with Gasteiger partial charge in [-0.25, -0.2) is 0 Å². The number of hydrogen-bond donors (Lipinski definition) is 1. The van der Waals surface area contributed by atoms with E-state index in [2.05, 4.69) is 15.5 Å². The third-order valence-electron chi connectivity index (χ3n) is 3.64. The predicted octanol–water partition coefficient (Wildman–Crippen LogP) is 0.443. The van der Waals surface area contributed by atoms with Crippen molar-refractivity contribution in [3.05, 3.63) is 24.0 Å². The summed E-state index contributed by atoms with van der Waals surface area (Å²) >= 11 is 0. The van der Waals surface area contributed by atoms with E-state index in [1.54, 1.807) is 18.5 Å².